The fourth-order valence-electron chi connectivity index (χ4n) is 1.79. The third-order valence-corrected chi connectivity index (χ3v) is 2.74. The van der Waals surface area contributed by atoms with Gasteiger partial charge in [0.05, 0.1) is 17.7 Å². The summed E-state index contributed by atoms with van der Waals surface area (Å²) in [6, 6.07) is 12.2. The maximum atomic E-state index is 12.8. The number of carbonyl (C=O) groups is 2. The lowest BCUT2D eigenvalue weighted by atomic mass is 10.1. The van der Waals surface area contributed by atoms with Crippen molar-refractivity contribution in [3.63, 3.8) is 0 Å². The SMILES string of the molecule is NC(=O)c1ccccc1NC(=O)Cc1ccc(F)cc1. The van der Waals surface area contributed by atoms with Crippen molar-refractivity contribution in [3.8, 4) is 0 Å². The highest BCUT2D eigenvalue weighted by Gasteiger charge is 2.10. The smallest absolute Gasteiger partial charge is 0.250 e. The van der Waals surface area contributed by atoms with E-state index in [-0.39, 0.29) is 23.7 Å². The number of carbonyl (C=O) groups excluding carboxylic acids is 2. The Labute approximate surface area is 115 Å². The molecule has 2 aromatic rings. The summed E-state index contributed by atoms with van der Waals surface area (Å²) in [5.41, 5.74) is 6.53. The molecule has 0 saturated heterocycles. The Balaban J connectivity index is 2.08. The summed E-state index contributed by atoms with van der Waals surface area (Å²) in [6.45, 7) is 0. The number of hydrogen-bond donors (Lipinski definition) is 2. The summed E-state index contributed by atoms with van der Waals surface area (Å²) in [4.78, 5) is 23.1. The van der Waals surface area contributed by atoms with Crippen LogP contribution in [0.4, 0.5) is 10.1 Å². The molecule has 5 heteroatoms. The summed E-state index contributed by atoms with van der Waals surface area (Å²) >= 11 is 0. The van der Waals surface area contributed by atoms with Gasteiger partial charge in [0.15, 0.2) is 0 Å². The number of nitrogens with one attached hydrogen (secondary N) is 1. The molecule has 20 heavy (non-hydrogen) atoms. The van der Waals surface area contributed by atoms with Crippen LogP contribution in [-0.4, -0.2) is 11.8 Å². The summed E-state index contributed by atoms with van der Waals surface area (Å²) in [7, 11) is 0. The Bertz CT molecular complexity index is 639. The van der Waals surface area contributed by atoms with Crippen molar-refractivity contribution in [3.05, 3.63) is 65.5 Å². The Hall–Kier alpha value is -2.69. The molecule has 2 amide bonds. The van der Waals surface area contributed by atoms with Crippen LogP contribution in [0, 0.1) is 5.82 Å². The first-order valence-corrected chi connectivity index (χ1v) is 5.99. The molecule has 0 spiro atoms. The molecule has 0 saturated carbocycles. The second kappa shape index (κ2) is 5.97. The summed E-state index contributed by atoms with van der Waals surface area (Å²) in [5, 5.41) is 2.62. The second-order valence-corrected chi connectivity index (χ2v) is 4.26. The van der Waals surface area contributed by atoms with E-state index in [9.17, 15) is 14.0 Å². The molecule has 0 radical (unpaired) electrons. The molecule has 2 aromatic carbocycles. The Morgan fingerprint density at radius 3 is 2.35 bits per heavy atom. The average molecular weight is 272 g/mol. The fourth-order valence-corrected chi connectivity index (χ4v) is 1.79. The molecule has 0 aliphatic heterocycles. The molecule has 3 N–H and O–H groups in total. The fraction of sp³-hybridized carbons (Fsp3) is 0.0667. The van der Waals surface area contributed by atoms with Crippen molar-refractivity contribution in [2.75, 3.05) is 5.32 Å². The predicted molar refractivity (Wildman–Crippen MR) is 73.7 cm³/mol. The normalized spacial score (nSPS) is 10.1. The van der Waals surface area contributed by atoms with E-state index in [1.165, 1.54) is 30.3 Å². The molecule has 0 aromatic heterocycles. The topological polar surface area (TPSA) is 72.2 Å². The largest absolute Gasteiger partial charge is 0.366 e. The zero-order chi connectivity index (χ0) is 14.5. The number of benzene rings is 2. The van der Waals surface area contributed by atoms with Gasteiger partial charge in [-0.1, -0.05) is 24.3 Å². The van der Waals surface area contributed by atoms with E-state index in [4.69, 9.17) is 5.73 Å². The maximum absolute atomic E-state index is 12.8. The van der Waals surface area contributed by atoms with E-state index in [1.807, 2.05) is 0 Å². The number of rotatable bonds is 4. The number of hydrogen-bond acceptors (Lipinski definition) is 2. The summed E-state index contributed by atoms with van der Waals surface area (Å²) < 4.78 is 12.8. The lowest BCUT2D eigenvalue weighted by Gasteiger charge is -2.08. The minimum atomic E-state index is -0.609. The van der Waals surface area contributed by atoms with Crippen LogP contribution in [0.5, 0.6) is 0 Å². The average Bonchev–Trinajstić information content (AvgIpc) is 2.41. The van der Waals surface area contributed by atoms with Crippen LogP contribution in [0.1, 0.15) is 15.9 Å². The number of amides is 2. The molecule has 0 fully saturated rings. The molecule has 0 atom stereocenters. The molecular formula is C15H13FN2O2. The van der Waals surface area contributed by atoms with Gasteiger partial charge in [0.1, 0.15) is 5.82 Å². The Kier molecular flexibility index (Phi) is 4.10. The first-order chi connectivity index (χ1) is 9.56. The van der Waals surface area contributed by atoms with Crippen molar-refractivity contribution in [2.24, 2.45) is 5.73 Å². The van der Waals surface area contributed by atoms with Crippen LogP contribution in [0.2, 0.25) is 0 Å². The van der Waals surface area contributed by atoms with E-state index >= 15 is 0 Å². The highest BCUT2D eigenvalue weighted by atomic mass is 19.1. The van der Waals surface area contributed by atoms with Crippen molar-refractivity contribution >= 4 is 17.5 Å². The van der Waals surface area contributed by atoms with Gasteiger partial charge >= 0.3 is 0 Å². The van der Waals surface area contributed by atoms with Gasteiger partial charge in [0.25, 0.3) is 5.91 Å². The van der Waals surface area contributed by atoms with E-state index in [0.29, 0.717) is 11.3 Å². The second-order valence-electron chi connectivity index (χ2n) is 4.26. The monoisotopic (exact) mass is 272 g/mol. The van der Waals surface area contributed by atoms with Gasteiger partial charge in [-0.25, -0.2) is 4.39 Å². The van der Waals surface area contributed by atoms with E-state index in [0.717, 1.165) is 0 Å². The van der Waals surface area contributed by atoms with Crippen molar-refractivity contribution in [1.29, 1.82) is 0 Å². The zero-order valence-electron chi connectivity index (χ0n) is 10.6. The Morgan fingerprint density at radius 1 is 1.05 bits per heavy atom. The first kappa shape index (κ1) is 13.7. The molecule has 0 bridgehead atoms. The van der Waals surface area contributed by atoms with Gasteiger partial charge in [0.2, 0.25) is 5.91 Å². The number of anilines is 1. The number of nitrogens with two attached hydrogens (primary N) is 1. The quantitative estimate of drug-likeness (QED) is 0.894. The standard InChI is InChI=1S/C15H13FN2O2/c16-11-7-5-10(6-8-11)9-14(19)18-13-4-2-1-3-12(13)15(17)20/h1-8H,9H2,(H2,17,20)(H,18,19). The molecule has 0 unspecified atom stereocenters. The minimum Gasteiger partial charge on any atom is -0.366 e. The molecule has 102 valence electrons. The highest BCUT2D eigenvalue weighted by molar-refractivity contribution is 6.03. The first-order valence-electron chi connectivity index (χ1n) is 5.99. The van der Waals surface area contributed by atoms with Crippen molar-refractivity contribution in [2.45, 2.75) is 6.42 Å². The van der Waals surface area contributed by atoms with Crippen LogP contribution in [0.15, 0.2) is 48.5 Å². The van der Waals surface area contributed by atoms with Crippen LogP contribution >= 0.6 is 0 Å². The van der Waals surface area contributed by atoms with Crippen molar-refractivity contribution < 1.29 is 14.0 Å². The molecule has 0 aliphatic rings. The van der Waals surface area contributed by atoms with Crippen LogP contribution in [-0.2, 0) is 11.2 Å². The maximum Gasteiger partial charge on any atom is 0.250 e. The number of primary amides is 1. The van der Waals surface area contributed by atoms with Crippen LogP contribution < -0.4 is 11.1 Å². The molecule has 0 heterocycles. The molecule has 2 rings (SSSR count). The molecular weight excluding hydrogens is 259 g/mol. The van der Waals surface area contributed by atoms with Gasteiger partial charge in [-0.15, -0.1) is 0 Å². The van der Waals surface area contributed by atoms with Gasteiger partial charge in [0, 0.05) is 0 Å². The van der Waals surface area contributed by atoms with Gasteiger partial charge in [-0.2, -0.15) is 0 Å². The zero-order valence-corrected chi connectivity index (χ0v) is 10.6. The van der Waals surface area contributed by atoms with Crippen LogP contribution in [0.3, 0.4) is 0 Å². The summed E-state index contributed by atoms with van der Waals surface area (Å²) in [5.74, 6) is -1.26. The number of para-hydroxylation sites is 1. The van der Waals surface area contributed by atoms with Crippen LogP contribution in [0.25, 0.3) is 0 Å². The minimum absolute atomic E-state index is 0.0907. The van der Waals surface area contributed by atoms with Crippen molar-refractivity contribution in [1.82, 2.24) is 0 Å². The van der Waals surface area contributed by atoms with E-state index in [1.54, 1.807) is 18.2 Å². The lowest BCUT2D eigenvalue weighted by molar-refractivity contribution is -0.115. The van der Waals surface area contributed by atoms with Gasteiger partial charge < -0.3 is 11.1 Å². The molecule has 0 aliphatic carbocycles. The lowest BCUT2D eigenvalue weighted by Crippen LogP contribution is -2.19. The Morgan fingerprint density at radius 2 is 1.70 bits per heavy atom. The molecule has 4 nitrogen and oxygen atoms in total. The van der Waals surface area contributed by atoms with E-state index < -0.39 is 5.91 Å². The third kappa shape index (κ3) is 3.41. The van der Waals surface area contributed by atoms with Gasteiger partial charge in [-0.05, 0) is 29.8 Å². The summed E-state index contributed by atoms with van der Waals surface area (Å²) in [6.07, 6.45) is 0.0907. The third-order valence-electron chi connectivity index (χ3n) is 2.74. The van der Waals surface area contributed by atoms with E-state index in [2.05, 4.69) is 5.32 Å². The number of halogens is 1. The predicted octanol–water partition coefficient (Wildman–Crippen LogP) is 2.11. The van der Waals surface area contributed by atoms with Gasteiger partial charge in [-0.3, -0.25) is 9.59 Å². The highest BCUT2D eigenvalue weighted by Crippen LogP contribution is 2.14.